The standard InChI is InChI=1S/C13H22N2O/c1-3-15-10-12(9-14-15)13(2,16)11-7-5-4-6-8-11/h9-11,16H,3-8H2,1-2H3. The number of nitrogens with zero attached hydrogens (tertiary/aromatic N) is 2. The lowest BCUT2D eigenvalue weighted by atomic mass is 9.75. The molecule has 16 heavy (non-hydrogen) atoms. The van der Waals surface area contributed by atoms with Gasteiger partial charge in [0.25, 0.3) is 0 Å². The van der Waals surface area contributed by atoms with Gasteiger partial charge in [-0.25, -0.2) is 0 Å². The van der Waals surface area contributed by atoms with E-state index in [-0.39, 0.29) is 0 Å². The molecular formula is C13H22N2O. The smallest absolute Gasteiger partial charge is 0.0926 e. The number of aliphatic hydroxyl groups is 1. The van der Waals surface area contributed by atoms with Gasteiger partial charge in [0.1, 0.15) is 0 Å². The fourth-order valence-corrected chi connectivity index (χ4v) is 2.70. The van der Waals surface area contributed by atoms with Crippen LogP contribution in [0.4, 0.5) is 0 Å². The molecule has 1 unspecified atom stereocenters. The quantitative estimate of drug-likeness (QED) is 0.854. The molecule has 1 saturated carbocycles. The van der Waals surface area contributed by atoms with Crippen LogP contribution in [-0.2, 0) is 12.1 Å². The Hall–Kier alpha value is -0.830. The number of hydrogen-bond donors (Lipinski definition) is 1. The Balaban J connectivity index is 2.15. The maximum absolute atomic E-state index is 10.7. The summed E-state index contributed by atoms with van der Waals surface area (Å²) in [6.45, 7) is 4.87. The average Bonchev–Trinajstić information content (AvgIpc) is 2.79. The molecule has 3 nitrogen and oxygen atoms in total. The van der Waals surface area contributed by atoms with Crippen molar-refractivity contribution in [3.63, 3.8) is 0 Å². The largest absolute Gasteiger partial charge is 0.385 e. The first-order valence-corrected chi connectivity index (χ1v) is 6.40. The number of rotatable bonds is 3. The summed E-state index contributed by atoms with van der Waals surface area (Å²) < 4.78 is 1.88. The van der Waals surface area contributed by atoms with Crippen molar-refractivity contribution in [1.29, 1.82) is 0 Å². The van der Waals surface area contributed by atoms with E-state index in [1.807, 2.05) is 24.0 Å². The third-order valence-electron chi connectivity index (χ3n) is 3.94. The molecule has 0 radical (unpaired) electrons. The first-order valence-electron chi connectivity index (χ1n) is 6.40. The van der Waals surface area contributed by atoms with Crippen LogP contribution >= 0.6 is 0 Å². The monoisotopic (exact) mass is 222 g/mol. The summed E-state index contributed by atoms with van der Waals surface area (Å²) in [5, 5.41) is 14.9. The van der Waals surface area contributed by atoms with Gasteiger partial charge in [-0.15, -0.1) is 0 Å². The van der Waals surface area contributed by atoms with Gasteiger partial charge in [-0.05, 0) is 32.6 Å². The molecule has 0 bridgehead atoms. The van der Waals surface area contributed by atoms with Crippen LogP contribution in [0.2, 0.25) is 0 Å². The van der Waals surface area contributed by atoms with Crippen molar-refractivity contribution in [3.8, 4) is 0 Å². The minimum absolute atomic E-state index is 0.399. The van der Waals surface area contributed by atoms with E-state index < -0.39 is 5.60 Å². The first kappa shape index (κ1) is 11.6. The molecular weight excluding hydrogens is 200 g/mol. The number of hydrogen-bond acceptors (Lipinski definition) is 2. The van der Waals surface area contributed by atoms with Crippen LogP contribution in [-0.4, -0.2) is 14.9 Å². The molecule has 1 N–H and O–H groups in total. The molecule has 90 valence electrons. The minimum Gasteiger partial charge on any atom is -0.385 e. The van der Waals surface area contributed by atoms with Gasteiger partial charge in [0.2, 0.25) is 0 Å². The van der Waals surface area contributed by atoms with Crippen LogP contribution in [0.1, 0.15) is 51.5 Å². The highest BCUT2D eigenvalue weighted by molar-refractivity contribution is 5.15. The van der Waals surface area contributed by atoms with E-state index in [2.05, 4.69) is 12.0 Å². The molecule has 0 saturated heterocycles. The highest BCUT2D eigenvalue weighted by Gasteiger charge is 2.35. The molecule has 1 atom stereocenters. The summed E-state index contributed by atoms with van der Waals surface area (Å²) in [5.74, 6) is 0.399. The first-order chi connectivity index (χ1) is 7.64. The van der Waals surface area contributed by atoms with E-state index >= 15 is 0 Å². The number of aryl methyl sites for hydroxylation is 1. The lowest BCUT2D eigenvalue weighted by molar-refractivity contribution is -0.0215. The molecule has 0 aliphatic heterocycles. The second-order valence-corrected chi connectivity index (χ2v) is 5.07. The van der Waals surface area contributed by atoms with Crippen molar-refractivity contribution < 1.29 is 5.11 Å². The van der Waals surface area contributed by atoms with Crippen molar-refractivity contribution in [3.05, 3.63) is 18.0 Å². The fourth-order valence-electron chi connectivity index (χ4n) is 2.70. The van der Waals surface area contributed by atoms with Crippen molar-refractivity contribution in [2.24, 2.45) is 5.92 Å². The lowest BCUT2D eigenvalue weighted by Crippen LogP contribution is -2.32. The maximum atomic E-state index is 10.7. The van der Waals surface area contributed by atoms with Gasteiger partial charge in [-0.1, -0.05) is 19.3 Å². The van der Waals surface area contributed by atoms with Crippen LogP contribution in [0.15, 0.2) is 12.4 Å². The van der Waals surface area contributed by atoms with Gasteiger partial charge in [-0.3, -0.25) is 4.68 Å². The Morgan fingerprint density at radius 3 is 2.69 bits per heavy atom. The second-order valence-electron chi connectivity index (χ2n) is 5.07. The van der Waals surface area contributed by atoms with Gasteiger partial charge >= 0.3 is 0 Å². The van der Waals surface area contributed by atoms with Crippen LogP contribution in [0.3, 0.4) is 0 Å². The van der Waals surface area contributed by atoms with E-state index in [1.54, 1.807) is 0 Å². The molecule has 0 aromatic carbocycles. The third kappa shape index (κ3) is 2.14. The van der Waals surface area contributed by atoms with Crippen LogP contribution < -0.4 is 0 Å². The zero-order valence-corrected chi connectivity index (χ0v) is 10.3. The van der Waals surface area contributed by atoms with Gasteiger partial charge in [-0.2, -0.15) is 5.10 Å². The van der Waals surface area contributed by atoms with Crippen LogP contribution in [0, 0.1) is 5.92 Å². The highest BCUT2D eigenvalue weighted by Crippen LogP contribution is 2.38. The predicted molar refractivity (Wildman–Crippen MR) is 64.0 cm³/mol. The maximum Gasteiger partial charge on any atom is 0.0926 e. The predicted octanol–water partition coefficient (Wildman–Crippen LogP) is 2.69. The van der Waals surface area contributed by atoms with Gasteiger partial charge in [0.05, 0.1) is 11.8 Å². The Bertz CT molecular complexity index is 337. The molecule has 1 heterocycles. The van der Waals surface area contributed by atoms with Crippen LogP contribution in [0.25, 0.3) is 0 Å². The zero-order chi connectivity index (χ0) is 11.6. The van der Waals surface area contributed by atoms with Crippen molar-refractivity contribution in [2.75, 3.05) is 0 Å². The Labute approximate surface area is 97.5 Å². The zero-order valence-electron chi connectivity index (χ0n) is 10.3. The van der Waals surface area contributed by atoms with E-state index in [0.29, 0.717) is 5.92 Å². The normalized spacial score (nSPS) is 21.9. The third-order valence-corrected chi connectivity index (χ3v) is 3.94. The Morgan fingerprint density at radius 1 is 1.44 bits per heavy atom. The molecule has 1 aliphatic carbocycles. The van der Waals surface area contributed by atoms with Crippen LogP contribution in [0.5, 0.6) is 0 Å². The Morgan fingerprint density at radius 2 is 2.12 bits per heavy atom. The minimum atomic E-state index is -0.701. The molecule has 1 fully saturated rings. The summed E-state index contributed by atoms with van der Waals surface area (Å²) in [5.41, 5.74) is 0.273. The molecule has 3 heteroatoms. The highest BCUT2D eigenvalue weighted by atomic mass is 16.3. The average molecular weight is 222 g/mol. The molecule has 0 spiro atoms. The number of aromatic nitrogens is 2. The van der Waals surface area contributed by atoms with Crippen molar-refractivity contribution >= 4 is 0 Å². The summed E-state index contributed by atoms with van der Waals surface area (Å²) in [6, 6.07) is 0. The summed E-state index contributed by atoms with van der Waals surface area (Å²) >= 11 is 0. The molecule has 0 amide bonds. The van der Waals surface area contributed by atoms with Gasteiger partial charge in [0, 0.05) is 18.3 Å². The molecule has 2 rings (SSSR count). The van der Waals surface area contributed by atoms with E-state index in [1.165, 1.54) is 19.3 Å². The Kier molecular flexibility index (Phi) is 3.33. The van der Waals surface area contributed by atoms with E-state index in [0.717, 1.165) is 24.9 Å². The van der Waals surface area contributed by atoms with Crippen molar-refractivity contribution in [1.82, 2.24) is 9.78 Å². The topological polar surface area (TPSA) is 38.0 Å². The molecule has 1 aliphatic rings. The van der Waals surface area contributed by atoms with Crippen molar-refractivity contribution in [2.45, 2.75) is 58.1 Å². The fraction of sp³-hybridized carbons (Fsp3) is 0.769. The lowest BCUT2D eigenvalue weighted by Gasteiger charge is -2.34. The van der Waals surface area contributed by atoms with E-state index in [4.69, 9.17) is 0 Å². The second kappa shape index (κ2) is 4.58. The SMILES string of the molecule is CCn1cc(C(C)(O)C2CCCCC2)cn1. The van der Waals surface area contributed by atoms with Gasteiger partial charge in [0.15, 0.2) is 0 Å². The summed E-state index contributed by atoms with van der Waals surface area (Å²) in [7, 11) is 0. The summed E-state index contributed by atoms with van der Waals surface area (Å²) in [6.07, 6.45) is 9.91. The summed E-state index contributed by atoms with van der Waals surface area (Å²) in [4.78, 5) is 0. The molecule has 1 aromatic rings. The van der Waals surface area contributed by atoms with E-state index in [9.17, 15) is 5.11 Å². The van der Waals surface area contributed by atoms with Gasteiger partial charge < -0.3 is 5.11 Å². The molecule has 1 aromatic heterocycles.